The summed E-state index contributed by atoms with van der Waals surface area (Å²) in [4.78, 5) is 11.7. The molecule has 0 aromatic heterocycles. The van der Waals surface area contributed by atoms with Crippen molar-refractivity contribution < 1.29 is 27.4 Å². The van der Waals surface area contributed by atoms with Crippen LogP contribution in [0.4, 0.5) is 0 Å². The Bertz CT molecular complexity index is 684. The SMILES string of the molecule is CCOC(=O)CCN(C1CC1)S(=O)(=O)c1ccc(OC)c(OC)c1. The molecule has 0 bridgehead atoms. The van der Waals surface area contributed by atoms with Gasteiger partial charge in [0.15, 0.2) is 11.5 Å². The third-order valence-corrected chi connectivity index (χ3v) is 5.71. The Morgan fingerprint density at radius 3 is 2.42 bits per heavy atom. The van der Waals surface area contributed by atoms with Gasteiger partial charge in [-0.25, -0.2) is 8.42 Å². The van der Waals surface area contributed by atoms with Crippen LogP contribution in [0, 0.1) is 0 Å². The fourth-order valence-electron chi connectivity index (χ4n) is 2.41. The number of benzene rings is 1. The fourth-order valence-corrected chi connectivity index (χ4v) is 4.11. The minimum Gasteiger partial charge on any atom is -0.493 e. The summed E-state index contributed by atoms with van der Waals surface area (Å²) in [6, 6.07) is 4.42. The van der Waals surface area contributed by atoms with Gasteiger partial charge in [-0.1, -0.05) is 0 Å². The molecule has 0 N–H and O–H groups in total. The summed E-state index contributed by atoms with van der Waals surface area (Å²) in [5.41, 5.74) is 0. The number of esters is 1. The van der Waals surface area contributed by atoms with E-state index in [4.69, 9.17) is 14.2 Å². The van der Waals surface area contributed by atoms with E-state index in [1.807, 2.05) is 0 Å². The topological polar surface area (TPSA) is 82.1 Å². The van der Waals surface area contributed by atoms with Crippen LogP contribution < -0.4 is 9.47 Å². The zero-order chi connectivity index (χ0) is 17.7. The van der Waals surface area contributed by atoms with E-state index < -0.39 is 16.0 Å². The Morgan fingerprint density at radius 2 is 1.88 bits per heavy atom. The van der Waals surface area contributed by atoms with E-state index >= 15 is 0 Å². The van der Waals surface area contributed by atoms with Gasteiger partial charge >= 0.3 is 5.97 Å². The van der Waals surface area contributed by atoms with Gasteiger partial charge in [-0.15, -0.1) is 0 Å². The highest BCUT2D eigenvalue weighted by atomic mass is 32.2. The number of sulfonamides is 1. The lowest BCUT2D eigenvalue weighted by Gasteiger charge is -2.22. The first-order chi connectivity index (χ1) is 11.4. The maximum Gasteiger partial charge on any atom is 0.307 e. The summed E-state index contributed by atoms with van der Waals surface area (Å²) in [7, 11) is -0.776. The minimum absolute atomic E-state index is 0.0386. The fraction of sp³-hybridized carbons (Fsp3) is 0.562. The van der Waals surface area contributed by atoms with E-state index in [0.717, 1.165) is 12.8 Å². The van der Waals surface area contributed by atoms with E-state index in [9.17, 15) is 13.2 Å². The van der Waals surface area contributed by atoms with Crippen LogP contribution in [0.2, 0.25) is 0 Å². The quantitative estimate of drug-likeness (QED) is 0.627. The summed E-state index contributed by atoms with van der Waals surface area (Å²) in [5.74, 6) is 0.409. The maximum atomic E-state index is 12.9. The lowest BCUT2D eigenvalue weighted by molar-refractivity contribution is -0.143. The summed E-state index contributed by atoms with van der Waals surface area (Å²) in [5, 5.41) is 0. The third kappa shape index (κ3) is 4.18. The molecule has 1 saturated carbocycles. The van der Waals surface area contributed by atoms with Crippen LogP contribution in [0.5, 0.6) is 11.5 Å². The van der Waals surface area contributed by atoms with Crippen LogP contribution >= 0.6 is 0 Å². The van der Waals surface area contributed by atoms with Crippen LogP contribution in [0.15, 0.2) is 23.1 Å². The van der Waals surface area contributed by atoms with E-state index in [1.165, 1.54) is 30.7 Å². The maximum absolute atomic E-state index is 12.9. The van der Waals surface area contributed by atoms with Gasteiger partial charge in [0.25, 0.3) is 0 Å². The van der Waals surface area contributed by atoms with Crippen molar-refractivity contribution in [3.8, 4) is 11.5 Å². The average molecular weight is 357 g/mol. The lowest BCUT2D eigenvalue weighted by Crippen LogP contribution is -2.35. The predicted molar refractivity (Wildman–Crippen MR) is 87.7 cm³/mol. The van der Waals surface area contributed by atoms with Crippen molar-refractivity contribution in [2.75, 3.05) is 27.4 Å². The van der Waals surface area contributed by atoms with E-state index in [-0.39, 0.29) is 30.5 Å². The van der Waals surface area contributed by atoms with E-state index in [1.54, 1.807) is 13.0 Å². The van der Waals surface area contributed by atoms with Crippen molar-refractivity contribution in [2.45, 2.75) is 37.1 Å². The Hall–Kier alpha value is -1.80. The van der Waals surface area contributed by atoms with Crippen LogP contribution in [-0.2, 0) is 19.6 Å². The number of hydrogen-bond donors (Lipinski definition) is 0. The number of nitrogens with zero attached hydrogens (tertiary/aromatic N) is 1. The Morgan fingerprint density at radius 1 is 1.21 bits per heavy atom. The first kappa shape index (κ1) is 18.5. The van der Waals surface area contributed by atoms with Crippen molar-refractivity contribution in [2.24, 2.45) is 0 Å². The molecule has 2 rings (SSSR count). The second kappa shape index (κ2) is 7.85. The minimum atomic E-state index is -3.72. The van der Waals surface area contributed by atoms with Crippen LogP contribution in [0.1, 0.15) is 26.2 Å². The zero-order valence-corrected chi connectivity index (χ0v) is 15.0. The van der Waals surface area contributed by atoms with Gasteiger partial charge in [-0.05, 0) is 31.9 Å². The number of ether oxygens (including phenoxy) is 3. The molecule has 0 radical (unpaired) electrons. The second-order valence-corrected chi connectivity index (χ2v) is 7.31. The van der Waals surface area contributed by atoms with Crippen molar-refractivity contribution in [3.05, 3.63) is 18.2 Å². The highest BCUT2D eigenvalue weighted by Crippen LogP contribution is 2.35. The Balaban J connectivity index is 2.23. The van der Waals surface area contributed by atoms with Gasteiger partial charge in [0.2, 0.25) is 10.0 Å². The molecule has 0 spiro atoms. The summed E-state index contributed by atoms with van der Waals surface area (Å²) in [6.07, 6.45) is 1.64. The highest BCUT2D eigenvalue weighted by molar-refractivity contribution is 7.89. The molecule has 0 unspecified atom stereocenters. The first-order valence-electron chi connectivity index (χ1n) is 7.83. The molecule has 0 amide bonds. The molecule has 134 valence electrons. The lowest BCUT2D eigenvalue weighted by atomic mass is 10.3. The number of carbonyl (C=O) groups is 1. The van der Waals surface area contributed by atoms with Crippen molar-refractivity contribution in [1.82, 2.24) is 4.31 Å². The zero-order valence-electron chi connectivity index (χ0n) is 14.1. The van der Waals surface area contributed by atoms with E-state index in [0.29, 0.717) is 11.5 Å². The first-order valence-corrected chi connectivity index (χ1v) is 9.27. The number of hydrogen-bond acceptors (Lipinski definition) is 6. The number of rotatable bonds is 9. The number of carbonyl (C=O) groups excluding carboxylic acids is 1. The molecule has 0 aliphatic heterocycles. The van der Waals surface area contributed by atoms with Crippen LogP contribution in [0.25, 0.3) is 0 Å². The Kier molecular flexibility index (Phi) is 6.06. The molecule has 1 aromatic rings. The summed E-state index contributed by atoms with van der Waals surface area (Å²) < 4.78 is 42.4. The molecular weight excluding hydrogens is 334 g/mol. The second-order valence-electron chi connectivity index (χ2n) is 5.42. The van der Waals surface area contributed by atoms with Gasteiger partial charge in [0, 0.05) is 18.7 Å². The molecule has 7 nitrogen and oxygen atoms in total. The predicted octanol–water partition coefficient (Wildman–Crippen LogP) is 1.81. The highest BCUT2D eigenvalue weighted by Gasteiger charge is 2.38. The summed E-state index contributed by atoms with van der Waals surface area (Å²) in [6.45, 7) is 2.11. The van der Waals surface area contributed by atoms with Crippen LogP contribution in [0.3, 0.4) is 0 Å². The standard InChI is InChI=1S/C16H23NO6S/c1-4-23-16(18)9-10-17(12-5-6-12)24(19,20)13-7-8-14(21-2)15(11-13)22-3/h7-8,11-12H,4-6,9-10H2,1-3H3. The van der Waals surface area contributed by atoms with Crippen molar-refractivity contribution >= 4 is 16.0 Å². The van der Waals surface area contributed by atoms with Gasteiger partial charge < -0.3 is 14.2 Å². The Labute approximate surface area is 142 Å². The largest absolute Gasteiger partial charge is 0.493 e. The van der Waals surface area contributed by atoms with E-state index in [2.05, 4.69) is 0 Å². The monoisotopic (exact) mass is 357 g/mol. The van der Waals surface area contributed by atoms with Crippen molar-refractivity contribution in [1.29, 1.82) is 0 Å². The normalized spacial score (nSPS) is 14.5. The molecule has 0 atom stereocenters. The van der Waals surface area contributed by atoms with Crippen LogP contribution in [-0.4, -0.2) is 52.1 Å². The smallest absolute Gasteiger partial charge is 0.307 e. The summed E-state index contributed by atoms with van der Waals surface area (Å²) >= 11 is 0. The molecule has 1 aliphatic rings. The van der Waals surface area contributed by atoms with Gasteiger partial charge in [-0.3, -0.25) is 4.79 Å². The molecular formula is C16H23NO6S. The molecule has 0 saturated heterocycles. The molecule has 24 heavy (non-hydrogen) atoms. The molecule has 1 aliphatic carbocycles. The number of methoxy groups -OCH3 is 2. The molecule has 1 fully saturated rings. The molecule has 0 heterocycles. The van der Waals surface area contributed by atoms with Gasteiger partial charge in [-0.2, -0.15) is 4.31 Å². The van der Waals surface area contributed by atoms with Gasteiger partial charge in [0.05, 0.1) is 32.1 Å². The molecule has 8 heteroatoms. The molecule has 1 aromatic carbocycles. The van der Waals surface area contributed by atoms with Crippen molar-refractivity contribution in [3.63, 3.8) is 0 Å². The third-order valence-electron chi connectivity index (χ3n) is 3.76. The van der Waals surface area contributed by atoms with Gasteiger partial charge in [0.1, 0.15) is 0 Å². The average Bonchev–Trinajstić information content (AvgIpc) is 3.39.